The van der Waals surface area contributed by atoms with Gasteiger partial charge in [-0.05, 0) is 24.3 Å². The van der Waals surface area contributed by atoms with Gasteiger partial charge in [0.25, 0.3) is 5.91 Å². The quantitative estimate of drug-likeness (QED) is 0.736. The number of fused-ring (bicyclic) bond motifs is 1. The molecular formula is C18H20N4OS. The van der Waals surface area contributed by atoms with Crippen molar-refractivity contribution in [2.45, 2.75) is 6.54 Å². The van der Waals surface area contributed by atoms with Crippen LogP contribution in [0.5, 0.6) is 0 Å². The van der Waals surface area contributed by atoms with Gasteiger partial charge in [-0.2, -0.15) is 0 Å². The van der Waals surface area contributed by atoms with E-state index in [2.05, 4.69) is 23.1 Å². The minimum absolute atomic E-state index is 0.127. The van der Waals surface area contributed by atoms with Gasteiger partial charge in [0, 0.05) is 39.4 Å². The molecule has 6 heteroatoms. The third-order valence-electron chi connectivity index (χ3n) is 4.52. The zero-order chi connectivity index (χ0) is 16.5. The Bertz CT molecular complexity index is 828. The van der Waals surface area contributed by atoms with Crippen molar-refractivity contribution >= 4 is 27.5 Å². The van der Waals surface area contributed by atoms with Crippen LogP contribution in [0.1, 0.15) is 15.5 Å². The second-order valence-electron chi connectivity index (χ2n) is 6.15. The highest BCUT2D eigenvalue weighted by molar-refractivity contribution is 7.18. The zero-order valence-electron chi connectivity index (χ0n) is 13.7. The fraction of sp³-hybridized carbons (Fsp3) is 0.333. The maximum Gasteiger partial charge on any atom is 0.270 e. The van der Waals surface area contributed by atoms with Gasteiger partial charge in [-0.3, -0.25) is 9.69 Å². The molecule has 1 fully saturated rings. The number of rotatable bonds is 3. The van der Waals surface area contributed by atoms with E-state index in [1.807, 2.05) is 40.9 Å². The van der Waals surface area contributed by atoms with Crippen molar-refractivity contribution in [1.82, 2.24) is 19.4 Å². The summed E-state index contributed by atoms with van der Waals surface area (Å²) in [7, 11) is 1.91. The third kappa shape index (κ3) is 2.95. The minimum Gasteiger partial charge on any atom is -0.347 e. The predicted molar refractivity (Wildman–Crippen MR) is 96.2 cm³/mol. The maximum atomic E-state index is 12.5. The SMILES string of the molecule is Cn1cccc1C(=O)N1CCN(Cc2nc3ccccc3s2)CC1. The molecule has 0 N–H and O–H groups in total. The molecule has 24 heavy (non-hydrogen) atoms. The Morgan fingerprint density at radius 3 is 2.62 bits per heavy atom. The van der Waals surface area contributed by atoms with E-state index in [4.69, 9.17) is 4.98 Å². The number of hydrogen-bond acceptors (Lipinski definition) is 4. The van der Waals surface area contributed by atoms with Crippen LogP contribution in [-0.4, -0.2) is 51.4 Å². The van der Waals surface area contributed by atoms with Crippen molar-refractivity contribution in [2.75, 3.05) is 26.2 Å². The van der Waals surface area contributed by atoms with Gasteiger partial charge in [-0.25, -0.2) is 4.98 Å². The summed E-state index contributed by atoms with van der Waals surface area (Å²) < 4.78 is 3.13. The molecule has 5 nitrogen and oxygen atoms in total. The van der Waals surface area contributed by atoms with Gasteiger partial charge in [0.15, 0.2) is 0 Å². The summed E-state index contributed by atoms with van der Waals surface area (Å²) in [6, 6.07) is 12.1. The van der Waals surface area contributed by atoms with Crippen LogP contribution in [0.4, 0.5) is 0 Å². The summed E-state index contributed by atoms with van der Waals surface area (Å²) in [4.78, 5) is 21.6. The Labute approximate surface area is 145 Å². The van der Waals surface area contributed by atoms with Crippen molar-refractivity contribution in [1.29, 1.82) is 0 Å². The van der Waals surface area contributed by atoms with E-state index >= 15 is 0 Å². The molecule has 0 aliphatic carbocycles. The summed E-state index contributed by atoms with van der Waals surface area (Å²) in [6.45, 7) is 4.20. The number of aryl methyl sites for hydroxylation is 1. The van der Waals surface area contributed by atoms with Crippen LogP contribution in [0, 0.1) is 0 Å². The van der Waals surface area contributed by atoms with E-state index in [0.717, 1.165) is 48.9 Å². The molecule has 0 atom stereocenters. The molecule has 3 aromatic rings. The van der Waals surface area contributed by atoms with Crippen LogP contribution < -0.4 is 0 Å². The Kier molecular flexibility index (Phi) is 4.08. The zero-order valence-corrected chi connectivity index (χ0v) is 14.5. The number of benzene rings is 1. The summed E-state index contributed by atoms with van der Waals surface area (Å²) in [5.41, 5.74) is 1.84. The van der Waals surface area contributed by atoms with Crippen molar-refractivity contribution in [3.63, 3.8) is 0 Å². The molecule has 3 heterocycles. The van der Waals surface area contributed by atoms with Crippen molar-refractivity contribution in [3.05, 3.63) is 53.3 Å². The predicted octanol–water partition coefficient (Wildman–Crippen LogP) is 2.59. The number of para-hydroxylation sites is 1. The summed E-state index contributed by atoms with van der Waals surface area (Å²) in [5, 5.41) is 1.15. The topological polar surface area (TPSA) is 41.4 Å². The van der Waals surface area contributed by atoms with Crippen LogP contribution in [-0.2, 0) is 13.6 Å². The van der Waals surface area contributed by atoms with Gasteiger partial charge in [0.05, 0.1) is 16.8 Å². The van der Waals surface area contributed by atoms with Gasteiger partial charge >= 0.3 is 0 Å². The van der Waals surface area contributed by atoms with Crippen molar-refractivity contribution in [2.24, 2.45) is 7.05 Å². The first-order chi connectivity index (χ1) is 11.7. The molecule has 0 spiro atoms. The van der Waals surface area contributed by atoms with Gasteiger partial charge in [-0.1, -0.05) is 12.1 Å². The van der Waals surface area contributed by atoms with Crippen LogP contribution in [0.3, 0.4) is 0 Å². The van der Waals surface area contributed by atoms with Gasteiger partial charge in [0.1, 0.15) is 10.7 Å². The first-order valence-electron chi connectivity index (χ1n) is 8.18. The lowest BCUT2D eigenvalue weighted by Gasteiger charge is -2.34. The normalized spacial score (nSPS) is 16.0. The average Bonchev–Trinajstić information content (AvgIpc) is 3.20. The van der Waals surface area contributed by atoms with Crippen molar-refractivity contribution < 1.29 is 4.79 Å². The number of carbonyl (C=O) groups excluding carboxylic acids is 1. The molecule has 1 amide bonds. The highest BCUT2D eigenvalue weighted by Crippen LogP contribution is 2.23. The van der Waals surface area contributed by atoms with E-state index in [1.54, 1.807) is 11.3 Å². The lowest BCUT2D eigenvalue weighted by atomic mass is 10.2. The fourth-order valence-corrected chi connectivity index (χ4v) is 4.14. The fourth-order valence-electron chi connectivity index (χ4n) is 3.13. The molecule has 0 unspecified atom stereocenters. The lowest BCUT2D eigenvalue weighted by molar-refractivity contribution is 0.0619. The molecule has 0 bridgehead atoms. The molecule has 1 aliphatic rings. The standard InChI is InChI=1S/C18H20N4OS/c1-20-8-4-6-15(20)18(23)22-11-9-21(10-12-22)13-17-19-14-5-2-3-7-16(14)24-17/h2-8H,9-13H2,1H3. The molecule has 1 aromatic carbocycles. The summed E-state index contributed by atoms with van der Waals surface area (Å²) in [6.07, 6.45) is 1.91. The number of nitrogens with zero attached hydrogens (tertiary/aromatic N) is 4. The molecule has 124 valence electrons. The summed E-state index contributed by atoms with van der Waals surface area (Å²) >= 11 is 1.76. The first kappa shape index (κ1) is 15.4. The molecule has 0 radical (unpaired) electrons. The third-order valence-corrected chi connectivity index (χ3v) is 5.54. The largest absolute Gasteiger partial charge is 0.347 e. The highest BCUT2D eigenvalue weighted by atomic mass is 32.1. The van der Waals surface area contributed by atoms with Crippen molar-refractivity contribution in [3.8, 4) is 0 Å². The van der Waals surface area contributed by atoms with Crippen LogP contribution in [0.25, 0.3) is 10.2 Å². The molecule has 2 aromatic heterocycles. The maximum absolute atomic E-state index is 12.5. The number of carbonyl (C=O) groups is 1. The molecule has 1 aliphatic heterocycles. The van der Waals surface area contributed by atoms with E-state index in [-0.39, 0.29) is 5.91 Å². The summed E-state index contributed by atoms with van der Waals surface area (Å²) in [5.74, 6) is 0.127. The molecular weight excluding hydrogens is 320 g/mol. The molecule has 1 saturated heterocycles. The minimum atomic E-state index is 0.127. The van der Waals surface area contributed by atoms with Crippen LogP contribution in [0.2, 0.25) is 0 Å². The van der Waals surface area contributed by atoms with Gasteiger partial charge in [-0.15, -0.1) is 11.3 Å². The Morgan fingerprint density at radius 1 is 1.12 bits per heavy atom. The van der Waals surface area contributed by atoms with Gasteiger partial charge in [0.2, 0.25) is 0 Å². The van der Waals surface area contributed by atoms with E-state index in [9.17, 15) is 4.79 Å². The Hall–Kier alpha value is -2.18. The van der Waals surface area contributed by atoms with Crippen LogP contribution >= 0.6 is 11.3 Å². The monoisotopic (exact) mass is 340 g/mol. The number of piperazine rings is 1. The lowest BCUT2D eigenvalue weighted by Crippen LogP contribution is -2.48. The molecule has 4 rings (SSSR count). The van der Waals surface area contributed by atoms with E-state index in [0.29, 0.717) is 0 Å². The average molecular weight is 340 g/mol. The van der Waals surface area contributed by atoms with Crippen LogP contribution in [0.15, 0.2) is 42.6 Å². The second-order valence-corrected chi connectivity index (χ2v) is 7.26. The Balaban J connectivity index is 1.37. The second kappa shape index (κ2) is 6.37. The van der Waals surface area contributed by atoms with E-state index < -0.39 is 0 Å². The van der Waals surface area contributed by atoms with Gasteiger partial charge < -0.3 is 9.47 Å². The smallest absolute Gasteiger partial charge is 0.270 e. The number of aromatic nitrogens is 2. The number of thiazole rings is 1. The first-order valence-corrected chi connectivity index (χ1v) is 9.00. The Morgan fingerprint density at radius 2 is 1.92 bits per heavy atom. The number of amides is 1. The highest BCUT2D eigenvalue weighted by Gasteiger charge is 2.23. The molecule has 0 saturated carbocycles. The number of hydrogen-bond donors (Lipinski definition) is 0. The van der Waals surface area contributed by atoms with E-state index in [1.165, 1.54) is 4.70 Å².